The molecule has 0 aliphatic heterocycles. The molecule has 3 aromatic heterocycles. The summed E-state index contributed by atoms with van der Waals surface area (Å²) in [5, 5.41) is 8.06. The first-order chi connectivity index (χ1) is 13.5. The van der Waals surface area contributed by atoms with Gasteiger partial charge in [0.05, 0.1) is 30.1 Å². The monoisotopic (exact) mass is 445 g/mol. The van der Waals surface area contributed by atoms with E-state index in [4.69, 9.17) is 4.74 Å². The Morgan fingerprint density at radius 3 is 2.93 bits per heavy atom. The average Bonchev–Trinajstić information content (AvgIpc) is 3.24. The zero-order valence-corrected chi connectivity index (χ0v) is 16.8. The lowest BCUT2D eigenvalue weighted by Gasteiger charge is -2.07. The zero-order chi connectivity index (χ0) is 19.8. The van der Waals surface area contributed by atoms with E-state index in [1.807, 2.05) is 6.20 Å². The number of rotatable bonds is 5. The summed E-state index contributed by atoms with van der Waals surface area (Å²) in [4.78, 5) is 17.0. The van der Waals surface area contributed by atoms with Crippen LogP contribution in [0.25, 0.3) is 16.6 Å². The van der Waals surface area contributed by atoms with Crippen molar-refractivity contribution in [2.24, 2.45) is 0 Å². The van der Waals surface area contributed by atoms with E-state index in [1.54, 1.807) is 47.6 Å². The second kappa shape index (κ2) is 7.33. The smallest absolute Gasteiger partial charge is 0.257 e. The van der Waals surface area contributed by atoms with Gasteiger partial charge in [0.15, 0.2) is 11.5 Å². The molecule has 0 saturated heterocycles. The molecule has 7 nitrogen and oxygen atoms in total. The van der Waals surface area contributed by atoms with Crippen molar-refractivity contribution in [3.8, 4) is 0 Å². The molecule has 0 radical (unpaired) electrons. The van der Waals surface area contributed by atoms with Gasteiger partial charge in [0, 0.05) is 41.6 Å². The van der Waals surface area contributed by atoms with E-state index in [-0.39, 0.29) is 11.6 Å². The van der Waals surface area contributed by atoms with Crippen LogP contribution in [0.1, 0.15) is 16.1 Å². The van der Waals surface area contributed by atoms with Gasteiger partial charge in [0.1, 0.15) is 5.52 Å². The van der Waals surface area contributed by atoms with E-state index < -0.39 is 5.82 Å². The number of pyridine rings is 1. The predicted octanol–water partition coefficient (Wildman–Crippen LogP) is 3.79. The first-order valence-electron chi connectivity index (χ1n) is 8.57. The number of nitrogens with one attached hydrogen (secondary N) is 1. The SMILES string of the molecule is COCCn1cc2c(Br)ccc(C(=O)Nc3cc(F)c4nc(C)cn4c3)c2n1. The third-order valence-corrected chi connectivity index (χ3v) is 5.02. The van der Waals surface area contributed by atoms with Crippen molar-refractivity contribution in [2.45, 2.75) is 13.5 Å². The third-order valence-electron chi connectivity index (χ3n) is 4.32. The summed E-state index contributed by atoms with van der Waals surface area (Å²) in [6.45, 7) is 2.86. The Morgan fingerprint density at radius 2 is 2.14 bits per heavy atom. The van der Waals surface area contributed by atoms with Crippen LogP contribution < -0.4 is 5.32 Å². The second-order valence-corrected chi connectivity index (χ2v) is 7.24. The van der Waals surface area contributed by atoms with Crippen molar-refractivity contribution in [3.63, 3.8) is 0 Å². The Hall–Kier alpha value is -2.78. The number of ether oxygens (including phenoxy) is 1. The molecule has 1 N–H and O–H groups in total. The summed E-state index contributed by atoms with van der Waals surface area (Å²) in [6, 6.07) is 4.74. The average molecular weight is 446 g/mol. The molecule has 0 unspecified atom stereocenters. The minimum absolute atomic E-state index is 0.221. The van der Waals surface area contributed by atoms with Gasteiger partial charge in [0.25, 0.3) is 5.91 Å². The fraction of sp³-hybridized carbons (Fsp3) is 0.211. The van der Waals surface area contributed by atoms with Crippen molar-refractivity contribution >= 4 is 44.1 Å². The lowest BCUT2D eigenvalue weighted by Crippen LogP contribution is -2.13. The fourth-order valence-electron chi connectivity index (χ4n) is 3.05. The lowest BCUT2D eigenvalue weighted by molar-refractivity contribution is 0.102. The van der Waals surface area contributed by atoms with Crippen molar-refractivity contribution in [2.75, 3.05) is 19.0 Å². The van der Waals surface area contributed by atoms with Gasteiger partial charge < -0.3 is 14.5 Å². The largest absolute Gasteiger partial charge is 0.383 e. The number of anilines is 1. The minimum Gasteiger partial charge on any atom is -0.383 e. The number of fused-ring (bicyclic) bond motifs is 2. The fourth-order valence-corrected chi connectivity index (χ4v) is 3.47. The van der Waals surface area contributed by atoms with Crippen molar-refractivity contribution < 1.29 is 13.9 Å². The maximum atomic E-state index is 14.3. The molecule has 3 heterocycles. The molecule has 0 fully saturated rings. The molecular weight excluding hydrogens is 429 g/mol. The number of halogens is 2. The molecular formula is C19H17BrFN5O2. The van der Waals surface area contributed by atoms with Gasteiger partial charge in [0.2, 0.25) is 0 Å². The zero-order valence-electron chi connectivity index (χ0n) is 15.2. The first kappa shape index (κ1) is 18.6. The van der Waals surface area contributed by atoms with E-state index in [2.05, 4.69) is 31.3 Å². The summed E-state index contributed by atoms with van der Waals surface area (Å²) < 4.78 is 23.5. The number of benzene rings is 1. The van der Waals surface area contributed by atoms with Gasteiger partial charge in [-0.15, -0.1) is 0 Å². The number of methoxy groups -OCH3 is 1. The van der Waals surface area contributed by atoms with Crippen molar-refractivity contribution in [3.05, 3.63) is 58.3 Å². The summed E-state index contributed by atoms with van der Waals surface area (Å²) in [5.74, 6) is -0.874. The highest BCUT2D eigenvalue weighted by molar-refractivity contribution is 9.10. The van der Waals surface area contributed by atoms with Gasteiger partial charge in [-0.3, -0.25) is 9.48 Å². The van der Waals surface area contributed by atoms with E-state index >= 15 is 0 Å². The third kappa shape index (κ3) is 3.38. The highest BCUT2D eigenvalue weighted by atomic mass is 79.9. The van der Waals surface area contributed by atoms with Crippen LogP contribution in [-0.2, 0) is 11.3 Å². The lowest BCUT2D eigenvalue weighted by atomic mass is 10.1. The molecule has 0 saturated carbocycles. The van der Waals surface area contributed by atoms with Crippen LogP contribution in [0.3, 0.4) is 0 Å². The van der Waals surface area contributed by atoms with E-state index in [1.165, 1.54) is 6.07 Å². The summed E-state index contributed by atoms with van der Waals surface area (Å²) in [5.41, 5.74) is 2.21. The van der Waals surface area contributed by atoms with E-state index in [0.29, 0.717) is 35.6 Å². The Bertz CT molecular complexity index is 1200. The molecule has 9 heteroatoms. The first-order valence-corrected chi connectivity index (χ1v) is 9.36. The minimum atomic E-state index is -0.504. The Labute approximate surface area is 168 Å². The van der Waals surface area contributed by atoms with E-state index in [0.717, 1.165) is 9.86 Å². The molecule has 4 rings (SSSR count). The molecule has 28 heavy (non-hydrogen) atoms. The molecule has 0 aliphatic rings. The number of aryl methyl sites for hydroxylation is 1. The maximum Gasteiger partial charge on any atom is 0.257 e. The molecule has 144 valence electrons. The van der Waals surface area contributed by atoms with Gasteiger partial charge in [-0.05, 0) is 19.1 Å². The maximum absolute atomic E-state index is 14.3. The summed E-state index contributed by atoms with van der Waals surface area (Å²) in [6.07, 6.45) is 5.18. The highest BCUT2D eigenvalue weighted by Crippen LogP contribution is 2.27. The van der Waals surface area contributed by atoms with Crippen LogP contribution in [0.15, 0.2) is 41.3 Å². The number of nitrogens with zero attached hydrogens (tertiary/aromatic N) is 4. The van der Waals surface area contributed by atoms with Gasteiger partial charge in [-0.2, -0.15) is 5.10 Å². The van der Waals surface area contributed by atoms with Crippen LogP contribution >= 0.6 is 15.9 Å². The molecule has 1 aromatic carbocycles. The van der Waals surface area contributed by atoms with Gasteiger partial charge >= 0.3 is 0 Å². The van der Waals surface area contributed by atoms with Crippen molar-refractivity contribution in [1.29, 1.82) is 0 Å². The van der Waals surface area contributed by atoms with E-state index in [9.17, 15) is 9.18 Å². The molecule has 1 amide bonds. The number of hydrogen-bond acceptors (Lipinski definition) is 4. The highest BCUT2D eigenvalue weighted by Gasteiger charge is 2.17. The summed E-state index contributed by atoms with van der Waals surface area (Å²) in [7, 11) is 1.62. The van der Waals surface area contributed by atoms with Crippen LogP contribution in [0.2, 0.25) is 0 Å². The van der Waals surface area contributed by atoms with Crippen LogP contribution in [-0.4, -0.2) is 38.8 Å². The Kier molecular flexibility index (Phi) is 4.86. The quantitative estimate of drug-likeness (QED) is 0.507. The van der Waals surface area contributed by atoms with Gasteiger partial charge in [-0.25, -0.2) is 9.37 Å². The number of imidazole rings is 1. The molecule has 0 atom stereocenters. The standard InChI is InChI=1S/C19H17BrFN5O2/c1-11-8-25-9-12(7-16(21)18(25)22-11)23-19(27)13-3-4-15(20)14-10-26(5-6-28-2)24-17(13)14/h3-4,7-10H,5-6H2,1-2H3,(H,23,27). The normalized spacial score (nSPS) is 11.4. The van der Waals surface area contributed by atoms with Crippen molar-refractivity contribution in [1.82, 2.24) is 19.2 Å². The van der Waals surface area contributed by atoms with Crippen LogP contribution in [0.4, 0.5) is 10.1 Å². The molecule has 0 spiro atoms. The van der Waals surface area contributed by atoms with Crippen LogP contribution in [0.5, 0.6) is 0 Å². The predicted molar refractivity (Wildman–Crippen MR) is 107 cm³/mol. The Balaban J connectivity index is 1.69. The number of carbonyl (C=O) groups is 1. The summed E-state index contributed by atoms with van der Waals surface area (Å²) >= 11 is 3.49. The van der Waals surface area contributed by atoms with Crippen LogP contribution in [0, 0.1) is 12.7 Å². The van der Waals surface area contributed by atoms with Gasteiger partial charge in [-0.1, -0.05) is 15.9 Å². The molecule has 4 aromatic rings. The number of hydrogen-bond donors (Lipinski definition) is 1. The number of aromatic nitrogens is 4. The molecule has 0 bridgehead atoms. The number of carbonyl (C=O) groups excluding carboxylic acids is 1. The topological polar surface area (TPSA) is 73.5 Å². The second-order valence-electron chi connectivity index (χ2n) is 6.39. The Morgan fingerprint density at radius 1 is 1.32 bits per heavy atom. The molecule has 0 aliphatic carbocycles. The number of amides is 1.